The number of rotatable bonds is 5. The van der Waals surface area contributed by atoms with E-state index in [2.05, 4.69) is 50.1 Å². The van der Waals surface area contributed by atoms with Crippen LogP contribution in [0.2, 0.25) is 0 Å². The van der Waals surface area contributed by atoms with Crippen LogP contribution in [0, 0.1) is 27.7 Å². The third kappa shape index (κ3) is 3.93. The summed E-state index contributed by atoms with van der Waals surface area (Å²) >= 11 is 0. The van der Waals surface area contributed by atoms with Gasteiger partial charge in [0.1, 0.15) is 5.82 Å². The van der Waals surface area contributed by atoms with Crippen molar-refractivity contribution in [1.82, 2.24) is 29.4 Å². The molecule has 1 aliphatic heterocycles. The fourth-order valence-electron chi connectivity index (χ4n) is 4.66. The average molecular weight is 431 g/mol. The minimum atomic E-state index is 0.363. The summed E-state index contributed by atoms with van der Waals surface area (Å²) in [5, 5.41) is 9.59. The number of aryl methyl sites for hydroxylation is 5. The molecule has 4 heterocycles. The molecule has 32 heavy (non-hydrogen) atoms. The summed E-state index contributed by atoms with van der Waals surface area (Å²) in [4.78, 5) is 9.82. The third-order valence-electron chi connectivity index (χ3n) is 6.41. The molecule has 3 aromatic heterocycles. The molecule has 0 aliphatic carbocycles. The van der Waals surface area contributed by atoms with Crippen LogP contribution in [-0.4, -0.2) is 42.6 Å². The molecule has 0 radical (unpaired) electrons. The van der Waals surface area contributed by atoms with Crippen molar-refractivity contribution < 1.29 is 4.74 Å². The zero-order valence-corrected chi connectivity index (χ0v) is 19.3. The lowest BCUT2D eigenvalue weighted by molar-refractivity contribution is 0.0836. The maximum Gasteiger partial charge on any atom is 0.155 e. The van der Waals surface area contributed by atoms with E-state index in [4.69, 9.17) is 19.8 Å². The quantitative estimate of drug-likeness (QED) is 0.474. The summed E-state index contributed by atoms with van der Waals surface area (Å²) in [6.45, 7) is 9.90. The lowest BCUT2D eigenvalue weighted by Crippen LogP contribution is -2.15. The second kappa shape index (κ2) is 8.47. The topological polar surface area (TPSA) is 70.1 Å². The summed E-state index contributed by atoms with van der Waals surface area (Å²) in [7, 11) is 0. The molecule has 166 valence electrons. The van der Waals surface area contributed by atoms with Crippen LogP contribution in [0.25, 0.3) is 11.3 Å². The molecule has 5 rings (SSSR count). The van der Waals surface area contributed by atoms with Crippen LogP contribution >= 0.6 is 0 Å². The van der Waals surface area contributed by atoms with Crippen LogP contribution in [0.15, 0.2) is 30.3 Å². The normalized spacial score (nSPS) is 15.0. The molecule has 0 unspecified atom stereocenters. The zero-order valence-electron chi connectivity index (χ0n) is 19.3. The van der Waals surface area contributed by atoms with Crippen LogP contribution in [0.4, 0.5) is 0 Å². The predicted octanol–water partition coefficient (Wildman–Crippen LogP) is 4.22. The van der Waals surface area contributed by atoms with Gasteiger partial charge in [0.2, 0.25) is 0 Å². The fraction of sp³-hybridized carbons (Fsp3) is 0.440. The Bertz CT molecular complexity index is 1270. The van der Waals surface area contributed by atoms with E-state index in [1.807, 2.05) is 22.2 Å². The molecule has 1 aliphatic rings. The van der Waals surface area contributed by atoms with Gasteiger partial charge in [-0.05, 0) is 70.2 Å². The van der Waals surface area contributed by atoms with Gasteiger partial charge in [-0.1, -0.05) is 12.1 Å². The van der Waals surface area contributed by atoms with Gasteiger partial charge < -0.3 is 4.74 Å². The lowest BCUT2D eigenvalue weighted by Gasteiger charge is -2.18. The van der Waals surface area contributed by atoms with E-state index in [-0.39, 0.29) is 0 Å². The Labute approximate surface area is 188 Å². The molecule has 7 nitrogen and oxygen atoms in total. The smallest absolute Gasteiger partial charge is 0.155 e. The fourth-order valence-corrected chi connectivity index (χ4v) is 4.66. The van der Waals surface area contributed by atoms with E-state index in [0.717, 1.165) is 79.0 Å². The molecule has 0 spiro atoms. The molecule has 0 saturated carbocycles. The van der Waals surface area contributed by atoms with Gasteiger partial charge in [0.05, 0.1) is 11.4 Å². The second-order valence-electron chi connectivity index (χ2n) is 8.84. The first-order valence-corrected chi connectivity index (χ1v) is 11.4. The summed E-state index contributed by atoms with van der Waals surface area (Å²) in [5.74, 6) is 2.30. The second-order valence-corrected chi connectivity index (χ2v) is 8.84. The first-order chi connectivity index (χ1) is 15.5. The Morgan fingerprint density at radius 3 is 2.56 bits per heavy atom. The van der Waals surface area contributed by atoms with Crippen molar-refractivity contribution >= 4 is 5.65 Å². The van der Waals surface area contributed by atoms with Gasteiger partial charge in [0.15, 0.2) is 11.5 Å². The zero-order chi connectivity index (χ0) is 22.2. The van der Waals surface area contributed by atoms with E-state index < -0.39 is 0 Å². The van der Waals surface area contributed by atoms with E-state index >= 15 is 0 Å². The Balaban J connectivity index is 1.50. The van der Waals surface area contributed by atoms with Crippen molar-refractivity contribution in [3.05, 3.63) is 70.2 Å². The molecule has 0 bridgehead atoms. The van der Waals surface area contributed by atoms with E-state index in [0.29, 0.717) is 5.92 Å². The van der Waals surface area contributed by atoms with Crippen molar-refractivity contribution in [2.24, 2.45) is 0 Å². The maximum absolute atomic E-state index is 5.55. The number of aromatic nitrogens is 6. The van der Waals surface area contributed by atoms with Crippen LogP contribution in [0.5, 0.6) is 0 Å². The highest BCUT2D eigenvalue weighted by molar-refractivity contribution is 5.44. The monoisotopic (exact) mass is 430 g/mol. The van der Waals surface area contributed by atoms with Gasteiger partial charge in [0, 0.05) is 43.0 Å². The lowest BCUT2D eigenvalue weighted by atomic mass is 10.00. The summed E-state index contributed by atoms with van der Waals surface area (Å²) in [5.41, 5.74) is 7.60. The molecular weight excluding hydrogens is 400 g/mol. The standard InChI is InChI=1S/C25H30N6O/c1-16-6-5-7-21(14-16)31-23(27-25(29-31)20-10-12-32-13-11-20)9-8-22-18(3)26-24-15-17(2)28-30(24)19(22)4/h5-7,14-15,20H,8-13H2,1-4H3. The number of ether oxygens (including phenoxy) is 1. The van der Waals surface area contributed by atoms with Gasteiger partial charge in [-0.25, -0.2) is 19.2 Å². The van der Waals surface area contributed by atoms with Crippen molar-refractivity contribution in [2.75, 3.05) is 13.2 Å². The SMILES string of the molecule is Cc1cccc(-n2nc(C3CCOCC3)nc2CCc2c(C)nc3cc(C)nn3c2C)c1. The van der Waals surface area contributed by atoms with Crippen molar-refractivity contribution in [2.45, 2.75) is 59.3 Å². The first kappa shape index (κ1) is 20.8. The maximum atomic E-state index is 5.55. The molecule has 0 amide bonds. The van der Waals surface area contributed by atoms with Gasteiger partial charge in [-0.2, -0.15) is 10.2 Å². The number of hydrogen-bond donors (Lipinski definition) is 0. The number of fused-ring (bicyclic) bond motifs is 1. The van der Waals surface area contributed by atoms with Crippen LogP contribution in [0.3, 0.4) is 0 Å². The summed E-state index contributed by atoms with van der Waals surface area (Å²) < 4.78 is 9.54. The Morgan fingerprint density at radius 1 is 0.969 bits per heavy atom. The Morgan fingerprint density at radius 2 is 1.78 bits per heavy atom. The number of benzene rings is 1. The molecule has 0 atom stereocenters. The van der Waals surface area contributed by atoms with Crippen LogP contribution in [0.1, 0.15) is 58.6 Å². The number of hydrogen-bond acceptors (Lipinski definition) is 5. The summed E-state index contributed by atoms with van der Waals surface area (Å²) in [6.07, 6.45) is 3.60. The highest BCUT2D eigenvalue weighted by Crippen LogP contribution is 2.26. The third-order valence-corrected chi connectivity index (χ3v) is 6.41. The highest BCUT2D eigenvalue weighted by Gasteiger charge is 2.23. The molecular formula is C25H30N6O. The van der Waals surface area contributed by atoms with Crippen molar-refractivity contribution in [3.8, 4) is 5.69 Å². The number of nitrogens with zero attached hydrogens (tertiary/aromatic N) is 6. The molecule has 0 N–H and O–H groups in total. The predicted molar refractivity (Wildman–Crippen MR) is 123 cm³/mol. The van der Waals surface area contributed by atoms with Gasteiger partial charge in [-0.15, -0.1) is 0 Å². The highest BCUT2D eigenvalue weighted by atomic mass is 16.5. The molecule has 4 aromatic rings. The Hall–Kier alpha value is -3.06. The average Bonchev–Trinajstić information content (AvgIpc) is 3.37. The Kier molecular flexibility index (Phi) is 5.51. The van der Waals surface area contributed by atoms with E-state index in [1.54, 1.807) is 0 Å². The minimum absolute atomic E-state index is 0.363. The molecule has 1 aromatic carbocycles. The largest absolute Gasteiger partial charge is 0.381 e. The van der Waals surface area contributed by atoms with Crippen molar-refractivity contribution in [3.63, 3.8) is 0 Å². The molecule has 1 saturated heterocycles. The summed E-state index contributed by atoms with van der Waals surface area (Å²) in [6, 6.07) is 10.5. The van der Waals surface area contributed by atoms with Gasteiger partial charge in [-0.3, -0.25) is 0 Å². The minimum Gasteiger partial charge on any atom is -0.381 e. The van der Waals surface area contributed by atoms with Gasteiger partial charge >= 0.3 is 0 Å². The van der Waals surface area contributed by atoms with Gasteiger partial charge in [0.25, 0.3) is 0 Å². The van der Waals surface area contributed by atoms with Crippen LogP contribution < -0.4 is 0 Å². The van der Waals surface area contributed by atoms with E-state index in [1.165, 1.54) is 11.1 Å². The molecule has 1 fully saturated rings. The molecule has 7 heteroatoms. The van der Waals surface area contributed by atoms with Crippen LogP contribution in [-0.2, 0) is 17.6 Å². The first-order valence-electron chi connectivity index (χ1n) is 11.4. The van der Waals surface area contributed by atoms with E-state index in [9.17, 15) is 0 Å². The van der Waals surface area contributed by atoms with Crippen molar-refractivity contribution in [1.29, 1.82) is 0 Å².